The molecule has 314 valence electrons. The largest absolute Gasteiger partial charge is 0.455 e. The Balaban J connectivity index is 0.948. The Kier molecular flexibility index (Phi) is 9.17. The van der Waals surface area contributed by atoms with Gasteiger partial charge in [-0.25, -0.2) is 0 Å². The summed E-state index contributed by atoms with van der Waals surface area (Å²) in [4.78, 5) is 2.41. The molecule has 0 N–H and O–H groups in total. The van der Waals surface area contributed by atoms with Gasteiger partial charge in [-0.1, -0.05) is 194 Å². The molecule has 3 nitrogen and oxygen atoms in total. The Labute approximate surface area is 388 Å². The molecule has 0 bridgehead atoms. The van der Waals surface area contributed by atoms with Crippen molar-refractivity contribution in [3.63, 3.8) is 0 Å². The van der Waals surface area contributed by atoms with E-state index in [-0.39, 0.29) is 0 Å². The van der Waals surface area contributed by atoms with Gasteiger partial charge < -0.3 is 13.9 Å². The predicted octanol–water partition coefficient (Wildman–Crippen LogP) is 18.0. The lowest BCUT2D eigenvalue weighted by molar-refractivity contribution is 0.670. The van der Waals surface area contributed by atoms with Crippen molar-refractivity contribution in [2.24, 2.45) is 0 Å². The molecule has 2 aromatic heterocycles. The Hall–Kier alpha value is -8.92. The summed E-state index contributed by atoms with van der Waals surface area (Å²) in [5.41, 5.74) is 17.7. The van der Waals surface area contributed by atoms with Gasteiger partial charge in [0.1, 0.15) is 11.2 Å². The number of hydrogen-bond donors (Lipinski definition) is 0. The summed E-state index contributed by atoms with van der Waals surface area (Å²) in [6.45, 7) is 0. The molecule has 0 aliphatic carbocycles. The van der Waals surface area contributed by atoms with Crippen LogP contribution in [0.5, 0.6) is 0 Å². The second-order valence-corrected chi connectivity index (χ2v) is 17.2. The Bertz CT molecular complexity index is 3950. The quantitative estimate of drug-likeness (QED) is 0.152. The van der Waals surface area contributed by atoms with E-state index in [1.807, 2.05) is 12.1 Å². The van der Waals surface area contributed by atoms with E-state index in [9.17, 15) is 0 Å². The summed E-state index contributed by atoms with van der Waals surface area (Å²) in [5.74, 6) is 0. The van der Waals surface area contributed by atoms with E-state index in [4.69, 9.17) is 4.42 Å². The Morgan fingerprint density at radius 2 is 0.866 bits per heavy atom. The fourth-order valence-corrected chi connectivity index (χ4v) is 10.3. The fraction of sp³-hybridized carbons (Fsp3) is 0. The number of nitrogens with zero attached hydrogens (tertiary/aromatic N) is 2. The predicted molar refractivity (Wildman–Crippen MR) is 282 cm³/mol. The lowest BCUT2D eigenvalue weighted by Crippen LogP contribution is -2.11. The van der Waals surface area contributed by atoms with E-state index in [2.05, 4.69) is 252 Å². The van der Waals surface area contributed by atoms with Crippen LogP contribution in [0.25, 0.3) is 105 Å². The zero-order valence-electron chi connectivity index (χ0n) is 36.6. The van der Waals surface area contributed by atoms with Crippen molar-refractivity contribution >= 4 is 71.6 Å². The van der Waals surface area contributed by atoms with E-state index in [0.29, 0.717) is 0 Å². The Morgan fingerprint density at radius 3 is 1.69 bits per heavy atom. The lowest BCUT2D eigenvalue weighted by atomic mass is 9.95. The van der Waals surface area contributed by atoms with Crippen LogP contribution in [0.3, 0.4) is 0 Å². The molecule has 2 heterocycles. The van der Waals surface area contributed by atoms with E-state index >= 15 is 0 Å². The van der Waals surface area contributed by atoms with Crippen molar-refractivity contribution in [2.45, 2.75) is 0 Å². The molecule has 0 amide bonds. The number of rotatable bonds is 8. The standard InChI is InChI=1S/C64H42N2O/c1-2-23-50-43(17-1)18-15-30-53(50)54-25-4-9-33-60(54)65(48-39-37-44(38-40-48)52-29-16-31-58-57-28-7-12-36-63(57)67-64(52)58)49-22-14-20-46(42-49)45-19-13-21-47(41-45)51-24-3-8-32-59(51)66-61-34-10-5-26-55(61)56-27-6-11-35-62(56)66/h1-42H. The van der Waals surface area contributed by atoms with Gasteiger partial charge in [0, 0.05) is 49.6 Å². The number of fused-ring (bicyclic) bond motifs is 7. The van der Waals surface area contributed by atoms with E-state index in [1.54, 1.807) is 0 Å². The molecular weight excluding hydrogens is 813 g/mol. The summed E-state index contributed by atoms with van der Waals surface area (Å²) < 4.78 is 8.91. The highest BCUT2D eigenvalue weighted by atomic mass is 16.3. The van der Waals surface area contributed by atoms with Gasteiger partial charge in [-0.05, 0) is 99.3 Å². The number of benzene rings is 11. The first kappa shape index (κ1) is 38.5. The minimum Gasteiger partial charge on any atom is -0.455 e. The summed E-state index contributed by atoms with van der Waals surface area (Å²) >= 11 is 0. The normalized spacial score (nSPS) is 11.6. The van der Waals surface area contributed by atoms with Gasteiger partial charge in [0.2, 0.25) is 0 Å². The van der Waals surface area contributed by atoms with Crippen LogP contribution in [-0.2, 0) is 0 Å². The molecule has 13 aromatic rings. The molecule has 0 spiro atoms. The Morgan fingerprint density at radius 1 is 0.313 bits per heavy atom. The smallest absolute Gasteiger partial charge is 0.143 e. The summed E-state index contributed by atoms with van der Waals surface area (Å²) in [6, 6.07) is 91.9. The average Bonchev–Trinajstić information content (AvgIpc) is 3.95. The zero-order valence-corrected chi connectivity index (χ0v) is 36.6. The van der Waals surface area contributed by atoms with Crippen LogP contribution in [-0.4, -0.2) is 4.57 Å². The third-order valence-corrected chi connectivity index (χ3v) is 13.4. The molecule has 0 aliphatic heterocycles. The van der Waals surface area contributed by atoms with Gasteiger partial charge in [-0.3, -0.25) is 0 Å². The molecule has 0 saturated carbocycles. The van der Waals surface area contributed by atoms with Crippen molar-refractivity contribution in [3.05, 3.63) is 255 Å². The maximum atomic E-state index is 6.49. The third kappa shape index (κ3) is 6.51. The number of aromatic nitrogens is 1. The van der Waals surface area contributed by atoms with Gasteiger partial charge in [-0.15, -0.1) is 0 Å². The molecule has 0 fully saturated rings. The number of anilines is 3. The molecule has 13 rings (SSSR count). The highest BCUT2D eigenvalue weighted by Crippen LogP contribution is 2.45. The molecule has 0 atom stereocenters. The first-order chi connectivity index (χ1) is 33.2. The second kappa shape index (κ2) is 16.0. The molecule has 67 heavy (non-hydrogen) atoms. The van der Waals surface area contributed by atoms with E-state index in [1.165, 1.54) is 43.7 Å². The van der Waals surface area contributed by atoms with Gasteiger partial charge >= 0.3 is 0 Å². The monoisotopic (exact) mass is 854 g/mol. The average molecular weight is 855 g/mol. The lowest BCUT2D eigenvalue weighted by Gasteiger charge is -2.29. The zero-order chi connectivity index (χ0) is 44.3. The van der Waals surface area contributed by atoms with Crippen molar-refractivity contribution in [3.8, 4) is 50.2 Å². The molecule has 0 unspecified atom stereocenters. The molecule has 11 aromatic carbocycles. The van der Waals surface area contributed by atoms with Crippen LogP contribution < -0.4 is 4.90 Å². The number of para-hydroxylation sites is 6. The highest BCUT2D eigenvalue weighted by Gasteiger charge is 2.21. The first-order valence-corrected chi connectivity index (χ1v) is 22.9. The molecule has 0 saturated heterocycles. The van der Waals surface area contributed by atoms with Crippen molar-refractivity contribution in [1.82, 2.24) is 4.57 Å². The topological polar surface area (TPSA) is 21.3 Å². The molecule has 3 heteroatoms. The van der Waals surface area contributed by atoms with E-state index < -0.39 is 0 Å². The summed E-state index contributed by atoms with van der Waals surface area (Å²) in [7, 11) is 0. The summed E-state index contributed by atoms with van der Waals surface area (Å²) in [6.07, 6.45) is 0. The van der Waals surface area contributed by atoms with Gasteiger partial charge in [-0.2, -0.15) is 0 Å². The maximum absolute atomic E-state index is 6.49. The molecule has 0 aliphatic rings. The van der Waals surface area contributed by atoms with Crippen LogP contribution >= 0.6 is 0 Å². The molecule has 0 radical (unpaired) electrons. The van der Waals surface area contributed by atoms with Gasteiger partial charge in [0.05, 0.1) is 22.4 Å². The number of hydrogen-bond acceptors (Lipinski definition) is 2. The minimum atomic E-state index is 0.899. The van der Waals surface area contributed by atoms with Crippen LogP contribution in [0, 0.1) is 0 Å². The third-order valence-electron chi connectivity index (χ3n) is 13.4. The van der Waals surface area contributed by atoms with Crippen LogP contribution in [0.1, 0.15) is 0 Å². The van der Waals surface area contributed by atoms with Crippen molar-refractivity contribution < 1.29 is 4.42 Å². The minimum absolute atomic E-state index is 0.899. The summed E-state index contributed by atoms with van der Waals surface area (Å²) in [5, 5.41) is 7.20. The van der Waals surface area contributed by atoms with Crippen LogP contribution in [0.4, 0.5) is 17.1 Å². The van der Waals surface area contributed by atoms with Crippen LogP contribution in [0.15, 0.2) is 259 Å². The SMILES string of the molecule is c1cc(-c2cccc(N(c3ccc(-c4cccc5c4oc4ccccc45)cc3)c3ccccc3-c3cccc4ccccc34)c2)cc(-c2ccccc2-n2c3ccccc3c3ccccc32)c1. The highest BCUT2D eigenvalue weighted by molar-refractivity contribution is 6.11. The van der Waals surface area contributed by atoms with Crippen LogP contribution in [0.2, 0.25) is 0 Å². The first-order valence-electron chi connectivity index (χ1n) is 22.9. The fourth-order valence-electron chi connectivity index (χ4n) is 10.3. The van der Waals surface area contributed by atoms with Gasteiger partial charge in [0.25, 0.3) is 0 Å². The maximum Gasteiger partial charge on any atom is 0.143 e. The van der Waals surface area contributed by atoms with E-state index in [0.717, 1.165) is 78.1 Å². The van der Waals surface area contributed by atoms with Crippen molar-refractivity contribution in [2.75, 3.05) is 4.90 Å². The number of furan rings is 1. The second-order valence-electron chi connectivity index (χ2n) is 17.2. The van der Waals surface area contributed by atoms with Gasteiger partial charge in [0.15, 0.2) is 0 Å². The molecular formula is C64H42N2O. The van der Waals surface area contributed by atoms with Crippen molar-refractivity contribution in [1.29, 1.82) is 0 Å².